The molecule has 0 saturated carbocycles. The normalized spacial score (nSPS) is 10.9. The second-order valence-electron chi connectivity index (χ2n) is 6.03. The molecule has 8 heteroatoms. The molecule has 0 aliphatic rings. The zero-order valence-electron chi connectivity index (χ0n) is 14.4. The number of hydrogen-bond acceptors (Lipinski definition) is 5. The fourth-order valence-corrected chi connectivity index (χ4v) is 2.22. The van der Waals surface area contributed by atoms with Crippen LogP contribution in [0.4, 0.5) is 16.3 Å². The number of benzene rings is 1. The van der Waals surface area contributed by atoms with Crippen LogP contribution >= 0.6 is 0 Å². The molecule has 2 aromatic heterocycles. The molecule has 25 heavy (non-hydrogen) atoms. The van der Waals surface area contributed by atoms with E-state index in [0.29, 0.717) is 29.6 Å². The molecule has 8 nitrogen and oxygen atoms in total. The van der Waals surface area contributed by atoms with Crippen molar-refractivity contribution < 1.29 is 9.32 Å². The third-order valence-electron chi connectivity index (χ3n) is 3.52. The number of amides is 2. The standard InChI is InChI=1S/C17H20N6O2/c1-11(2)16-20-15(25-22-16)10-12-4-6-13(7-5-12)18-17(24)19-14-8-9-23(3)21-14/h4-9,11H,10H2,1-3H3,(H2,18,19,21,24). The largest absolute Gasteiger partial charge is 0.339 e. The molecule has 2 amide bonds. The lowest BCUT2D eigenvalue weighted by Crippen LogP contribution is -2.19. The molecule has 2 heterocycles. The molecule has 1 aromatic carbocycles. The molecule has 0 saturated heterocycles. The monoisotopic (exact) mass is 340 g/mol. The van der Waals surface area contributed by atoms with E-state index in [2.05, 4.69) is 25.9 Å². The molecule has 0 spiro atoms. The van der Waals surface area contributed by atoms with Gasteiger partial charge in [-0.05, 0) is 17.7 Å². The minimum absolute atomic E-state index is 0.238. The molecule has 130 valence electrons. The molecule has 0 aliphatic heterocycles. The van der Waals surface area contributed by atoms with Gasteiger partial charge in [0.2, 0.25) is 5.89 Å². The van der Waals surface area contributed by atoms with Gasteiger partial charge in [0.1, 0.15) is 0 Å². The fraction of sp³-hybridized carbons (Fsp3) is 0.294. The fourth-order valence-electron chi connectivity index (χ4n) is 2.22. The van der Waals surface area contributed by atoms with Gasteiger partial charge in [0.15, 0.2) is 11.6 Å². The first kappa shape index (κ1) is 16.7. The number of carbonyl (C=O) groups is 1. The second kappa shape index (κ2) is 7.16. The summed E-state index contributed by atoms with van der Waals surface area (Å²) >= 11 is 0. The van der Waals surface area contributed by atoms with Crippen molar-refractivity contribution in [2.24, 2.45) is 7.05 Å². The van der Waals surface area contributed by atoms with Gasteiger partial charge >= 0.3 is 6.03 Å². The quantitative estimate of drug-likeness (QED) is 0.743. The van der Waals surface area contributed by atoms with E-state index in [1.54, 1.807) is 24.0 Å². The van der Waals surface area contributed by atoms with E-state index in [1.807, 2.05) is 38.1 Å². The number of aryl methyl sites for hydroxylation is 1. The van der Waals surface area contributed by atoms with Crippen LogP contribution in [-0.4, -0.2) is 26.0 Å². The Labute approximate surface area is 145 Å². The number of urea groups is 1. The summed E-state index contributed by atoms with van der Waals surface area (Å²) in [4.78, 5) is 16.3. The van der Waals surface area contributed by atoms with Crippen molar-refractivity contribution in [3.63, 3.8) is 0 Å². The topological polar surface area (TPSA) is 97.9 Å². The Morgan fingerprint density at radius 1 is 1.20 bits per heavy atom. The van der Waals surface area contributed by atoms with Crippen LogP contribution in [-0.2, 0) is 13.5 Å². The number of aromatic nitrogens is 4. The van der Waals surface area contributed by atoms with Crippen LogP contribution < -0.4 is 10.6 Å². The van der Waals surface area contributed by atoms with E-state index < -0.39 is 0 Å². The highest BCUT2D eigenvalue weighted by Gasteiger charge is 2.10. The van der Waals surface area contributed by atoms with Gasteiger partial charge in [0.25, 0.3) is 0 Å². The second-order valence-corrected chi connectivity index (χ2v) is 6.03. The highest BCUT2D eigenvalue weighted by atomic mass is 16.5. The van der Waals surface area contributed by atoms with Gasteiger partial charge in [0.05, 0.1) is 6.42 Å². The van der Waals surface area contributed by atoms with Gasteiger partial charge in [0, 0.05) is 30.9 Å². The smallest absolute Gasteiger partial charge is 0.324 e. The average molecular weight is 340 g/mol. The summed E-state index contributed by atoms with van der Waals surface area (Å²) in [5.74, 6) is 2.02. The predicted octanol–water partition coefficient (Wildman–Crippen LogP) is 3.16. The van der Waals surface area contributed by atoms with Crippen LogP contribution in [0.3, 0.4) is 0 Å². The maximum atomic E-state index is 11.9. The minimum atomic E-state index is -0.343. The molecular formula is C17H20N6O2. The Bertz CT molecular complexity index is 850. The van der Waals surface area contributed by atoms with Gasteiger partial charge in [-0.15, -0.1) is 0 Å². The van der Waals surface area contributed by atoms with E-state index in [4.69, 9.17) is 4.52 Å². The van der Waals surface area contributed by atoms with E-state index >= 15 is 0 Å². The third-order valence-corrected chi connectivity index (χ3v) is 3.52. The summed E-state index contributed by atoms with van der Waals surface area (Å²) in [6.07, 6.45) is 2.31. The molecule has 0 bridgehead atoms. The van der Waals surface area contributed by atoms with Crippen molar-refractivity contribution in [1.29, 1.82) is 0 Å². The Hall–Kier alpha value is -3.16. The zero-order valence-corrected chi connectivity index (χ0v) is 14.4. The highest BCUT2D eigenvalue weighted by Crippen LogP contribution is 2.15. The lowest BCUT2D eigenvalue weighted by Gasteiger charge is -2.06. The molecule has 0 radical (unpaired) electrons. The first-order chi connectivity index (χ1) is 12.0. The zero-order chi connectivity index (χ0) is 17.8. The Morgan fingerprint density at radius 3 is 2.56 bits per heavy atom. The molecule has 0 atom stereocenters. The van der Waals surface area contributed by atoms with Gasteiger partial charge in [-0.1, -0.05) is 31.1 Å². The summed E-state index contributed by atoms with van der Waals surface area (Å²) in [7, 11) is 1.79. The molecule has 3 rings (SSSR count). The van der Waals surface area contributed by atoms with E-state index in [0.717, 1.165) is 5.56 Å². The van der Waals surface area contributed by atoms with Crippen molar-refractivity contribution in [2.45, 2.75) is 26.2 Å². The van der Waals surface area contributed by atoms with Gasteiger partial charge in [-0.2, -0.15) is 10.1 Å². The number of nitrogens with one attached hydrogen (secondary N) is 2. The lowest BCUT2D eigenvalue weighted by molar-refractivity contribution is 0.262. The lowest BCUT2D eigenvalue weighted by atomic mass is 10.1. The number of anilines is 2. The number of nitrogens with zero attached hydrogens (tertiary/aromatic N) is 4. The van der Waals surface area contributed by atoms with Crippen molar-refractivity contribution in [3.05, 3.63) is 53.8 Å². The van der Waals surface area contributed by atoms with Crippen molar-refractivity contribution in [2.75, 3.05) is 10.6 Å². The maximum Gasteiger partial charge on any atom is 0.324 e. The molecule has 3 aromatic rings. The maximum absolute atomic E-state index is 11.9. The summed E-state index contributed by atoms with van der Waals surface area (Å²) < 4.78 is 6.86. The number of hydrogen-bond donors (Lipinski definition) is 2. The minimum Gasteiger partial charge on any atom is -0.339 e. The summed E-state index contributed by atoms with van der Waals surface area (Å²) in [6, 6.07) is 8.86. The Morgan fingerprint density at radius 2 is 1.96 bits per heavy atom. The summed E-state index contributed by atoms with van der Waals surface area (Å²) in [6.45, 7) is 4.04. The van der Waals surface area contributed by atoms with Crippen LogP contribution in [0.25, 0.3) is 0 Å². The number of rotatable bonds is 5. The van der Waals surface area contributed by atoms with E-state index in [-0.39, 0.29) is 11.9 Å². The average Bonchev–Trinajstić information content (AvgIpc) is 3.18. The van der Waals surface area contributed by atoms with E-state index in [9.17, 15) is 4.79 Å². The molecule has 0 unspecified atom stereocenters. The first-order valence-electron chi connectivity index (χ1n) is 7.98. The Balaban J connectivity index is 1.56. The first-order valence-corrected chi connectivity index (χ1v) is 7.98. The Kier molecular flexibility index (Phi) is 4.78. The molecular weight excluding hydrogens is 320 g/mol. The van der Waals surface area contributed by atoms with Crippen LogP contribution in [0.2, 0.25) is 0 Å². The predicted molar refractivity (Wildman–Crippen MR) is 93.5 cm³/mol. The molecule has 2 N–H and O–H groups in total. The van der Waals surface area contributed by atoms with Crippen LogP contribution in [0, 0.1) is 0 Å². The SMILES string of the molecule is CC(C)c1noc(Cc2ccc(NC(=O)Nc3ccn(C)n3)cc2)n1. The van der Waals surface area contributed by atoms with Gasteiger partial charge in [-0.3, -0.25) is 10.00 Å². The van der Waals surface area contributed by atoms with Crippen LogP contribution in [0.5, 0.6) is 0 Å². The van der Waals surface area contributed by atoms with Crippen molar-refractivity contribution >= 4 is 17.5 Å². The molecule has 0 aliphatic carbocycles. The summed E-state index contributed by atoms with van der Waals surface area (Å²) in [5, 5.41) is 13.5. The summed E-state index contributed by atoms with van der Waals surface area (Å²) in [5.41, 5.74) is 1.71. The third kappa shape index (κ3) is 4.43. The van der Waals surface area contributed by atoms with Crippen molar-refractivity contribution in [3.8, 4) is 0 Å². The van der Waals surface area contributed by atoms with Crippen LogP contribution in [0.15, 0.2) is 41.1 Å². The van der Waals surface area contributed by atoms with Crippen molar-refractivity contribution in [1.82, 2.24) is 19.9 Å². The van der Waals surface area contributed by atoms with Gasteiger partial charge in [-0.25, -0.2) is 4.79 Å². The van der Waals surface area contributed by atoms with Gasteiger partial charge < -0.3 is 9.84 Å². The number of carbonyl (C=O) groups excluding carboxylic acids is 1. The highest BCUT2D eigenvalue weighted by molar-refractivity contribution is 5.99. The van der Waals surface area contributed by atoms with Crippen LogP contribution in [0.1, 0.15) is 37.0 Å². The molecule has 0 fully saturated rings. The van der Waals surface area contributed by atoms with E-state index in [1.165, 1.54) is 0 Å².